The fourth-order valence-electron chi connectivity index (χ4n) is 1.68. The molecule has 0 saturated carbocycles. The van der Waals surface area contributed by atoms with Gasteiger partial charge in [-0.2, -0.15) is 0 Å². The van der Waals surface area contributed by atoms with Gasteiger partial charge in [0.2, 0.25) is 10.0 Å². The van der Waals surface area contributed by atoms with Crippen LogP contribution in [-0.4, -0.2) is 14.2 Å². The van der Waals surface area contributed by atoms with E-state index in [9.17, 15) is 8.42 Å². The minimum Gasteiger partial charge on any atom is -0.284 e. The highest BCUT2D eigenvalue weighted by Crippen LogP contribution is 2.13. The van der Waals surface area contributed by atoms with Crippen molar-refractivity contribution >= 4 is 31.6 Å². The third kappa shape index (κ3) is 4.69. The Labute approximate surface area is 121 Å². The van der Waals surface area contributed by atoms with E-state index in [2.05, 4.69) is 20.7 Å². The second-order valence-electron chi connectivity index (χ2n) is 4.17. The molecule has 0 aromatic heterocycles. The zero-order chi connectivity index (χ0) is 13.7. The summed E-state index contributed by atoms with van der Waals surface area (Å²) in [6.07, 6.45) is 0.488. The summed E-state index contributed by atoms with van der Waals surface area (Å²) in [5, 5.41) is 0. The van der Waals surface area contributed by atoms with Crippen LogP contribution in [0, 0.1) is 0 Å². The molecule has 0 heterocycles. The predicted octanol–water partition coefficient (Wildman–Crippen LogP) is 3.43. The van der Waals surface area contributed by atoms with E-state index in [4.69, 9.17) is 0 Å². The third-order valence-electron chi connectivity index (χ3n) is 2.60. The van der Waals surface area contributed by atoms with Gasteiger partial charge in [-0.25, -0.2) is 8.42 Å². The van der Waals surface area contributed by atoms with Crippen molar-refractivity contribution in [2.75, 3.05) is 10.5 Å². The Balaban J connectivity index is 1.98. The van der Waals surface area contributed by atoms with Crippen LogP contribution < -0.4 is 4.72 Å². The molecule has 0 spiro atoms. The van der Waals surface area contributed by atoms with E-state index in [1.807, 2.05) is 30.3 Å². The van der Waals surface area contributed by atoms with Gasteiger partial charge in [-0.3, -0.25) is 4.72 Å². The van der Waals surface area contributed by atoms with Crippen molar-refractivity contribution in [3.63, 3.8) is 0 Å². The molecular formula is C14H14BrNO2S. The van der Waals surface area contributed by atoms with Gasteiger partial charge in [0.1, 0.15) is 0 Å². The standard InChI is InChI=1S/C14H14BrNO2S/c15-13-6-4-5-12(11-13)9-10-19(17,18)16-14-7-2-1-3-8-14/h1-8,11,16H,9-10H2. The van der Waals surface area contributed by atoms with Crippen LogP contribution in [0.25, 0.3) is 0 Å². The van der Waals surface area contributed by atoms with Crippen molar-refractivity contribution in [3.05, 3.63) is 64.6 Å². The van der Waals surface area contributed by atoms with E-state index >= 15 is 0 Å². The van der Waals surface area contributed by atoms with Crippen LogP contribution in [0.3, 0.4) is 0 Å². The smallest absolute Gasteiger partial charge is 0.233 e. The summed E-state index contributed by atoms with van der Waals surface area (Å²) >= 11 is 3.37. The number of sulfonamides is 1. The van der Waals surface area contributed by atoms with Gasteiger partial charge in [-0.1, -0.05) is 46.3 Å². The third-order valence-corrected chi connectivity index (χ3v) is 4.38. The van der Waals surface area contributed by atoms with Gasteiger partial charge < -0.3 is 0 Å². The van der Waals surface area contributed by atoms with E-state index in [1.165, 1.54) is 0 Å². The highest BCUT2D eigenvalue weighted by molar-refractivity contribution is 9.10. The maximum absolute atomic E-state index is 11.9. The second kappa shape index (κ2) is 6.21. The highest BCUT2D eigenvalue weighted by Gasteiger charge is 2.10. The molecule has 0 aliphatic carbocycles. The van der Waals surface area contributed by atoms with Crippen LogP contribution in [-0.2, 0) is 16.4 Å². The van der Waals surface area contributed by atoms with Crippen LogP contribution in [0.15, 0.2) is 59.1 Å². The van der Waals surface area contributed by atoms with E-state index in [-0.39, 0.29) is 5.75 Å². The van der Waals surface area contributed by atoms with Crippen molar-refractivity contribution in [1.82, 2.24) is 0 Å². The maximum Gasteiger partial charge on any atom is 0.233 e. The molecule has 100 valence electrons. The number of halogens is 1. The molecule has 0 amide bonds. The van der Waals surface area contributed by atoms with Crippen LogP contribution >= 0.6 is 15.9 Å². The number of nitrogens with one attached hydrogen (secondary N) is 1. The number of anilines is 1. The molecule has 0 aliphatic heterocycles. The lowest BCUT2D eigenvalue weighted by Crippen LogP contribution is -2.18. The molecule has 2 aromatic rings. The normalized spacial score (nSPS) is 11.2. The summed E-state index contributed by atoms with van der Waals surface area (Å²) in [6, 6.07) is 16.6. The van der Waals surface area contributed by atoms with Gasteiger partial charge in [-0.15, -0.1) is 0 Å². The van der Waals surface area contributed by atoms with Crippen molar-refractivity contribution in [1.29, 1.82) is 0 Å². The Kier molecular flexibility index (Phi) is 4.61. The van der Waals surface area contributed by atoms with E-state index in [0.29, 0.717) is 12.1 Å². The second-order valence-corrected chi connectivity index (χ2v) is 6.92. The number of benzene rings is 2. The highest BCUT2D eigenvalue weighted by atomic mass is 79.9. The van der Waals surface area contributed by atoms with Gasteiger partial charge in [0.05, 0.1) is 5.75 Å². The summed E-state index contributed by atoms with van der Waals surface area (Å²) in [5.74, 6) is 0.0678. The number of hydrogen-bond donors (Lipinski definition) is 1. The van der Waals surface area contributed by atoms with Crippen LogP contribution in [0.4, 0.5) is 5.69 Å². The van der Waals surface area contributed by atoms with Gasteiger partial charge in [0, 0.05) is 10.2 Å². The molecule has 5 heteroatoms. The van der Waals surface area contributed by atoms with E-state index in [1.54, 1.807) is 24.3 Å². The first-order valence-corrected chi connectivity index (χ1v) is 8.30. The summed E-state index contributed by atoms with van der Waals surface area (Å²) < 4.78 is 27.4. The van der Waals surface area contributed by atoms with Gasteiger partial charge >= 0.3 is 0 Å². The van der Waals surface area contributed by atoms with Gasteiger partial charge in [-0.05, 0) is 36.2 Å². The Morgan fingerprint density at radius 1 is 1.00 bits per heavy atom. The Bertz CT molecular complexity index is 642. The van der Waals surface area contributed by atoms with E-state index < -0.39 is 10.0 Å². The van der Waals surface area contributed by atoms with Crippen molar-refractivity contribution < 1.29 is 8.42 Å². The lowest BCUT2D eigenvalue weighted by molar-refractivity contribution is 0.600. The molecule has 0 fully saturated rings. The topological polar surface area (TPSA) is 46.2 Å². The molecule has 0 aliphatic rings. The molecule has 2 rings (SSSR count). The van der Waals surface area contributed by atoms with Gasteiger partial charge in [0.15, 0.2) is 0 Å². The number of aryl methyl sites for hydroxylation is 1. The molecule has 0 radical (unpaired) electrons. The van der Waals surface area contributed by atoms with Crippen molar-refractivity contribution in [2.45, 2.75) is 6.42 Å². The van der Waals surface area contributed by atoms with Crippen LogP contribution in [0.1, 0.15) is 5.56 Å². The lowest BCUT2D eigenvalue weighted by Gasteiger charge is -2.08. The van der Waals surface area contributed by atoms with Crippen molar-refractivity contribution in [3.8, 4) is 0 Å². The summed E-state index contributed by atoms with van der Waals surface area (Å²) in [7, 11) is -3.31. The fraction of sp³-hybridized carbons (Fsp3) is 0.143. The Morgan fingerprint density at radius 3 is 2.42 bits per heavy atom. The average Bonchev–Trinajstić information content (AvgIpc) is 2.37. The SMILES string of the molecule is O=S(=O)(CCc1cccc(Br)c1)Nc1ccccc1. The summed E-state index contributed by atoms with van der Waals surface area (Å²) in [5.41, 5.74) is 1.59. The molecule has 0 atom stereocenters. The summed E-state index contributed by atoms with van der Waals surface area (Å²) in [4.78, 5) is 0. The first-order valence-electron chi connectivity index (χ1n) is 5.85. The molecule has 0 saturated heterocycles. The van der Waals surface area contributed by atoms with Crippen LogP contribution in [0.2, 0.25) is 0 Å². The van der Waals surface area contributed by atoms with Crippen LogP contribution in [0.5, 0.6) is 0 Å². The largest absolute Gasteiger partial charge is 0.284 e. The molecule has 0 unspecified atom stereocenters. The zero-order valence-electron chi connectivity index (χ0n) is 10.2. The molecule has 19 heavy (non-hydrogen) atoms. The molecule has 2 aromatic carbocycles. The molecule has 1 N–H and O–H groups in total. The van der Waals surface area contributed by atoms with E-state index in [0.717, 1.165) is 10.0 Å². The average molecular weight is 340 g/mol. The Morgan fingerprint density at radius 2 is 1.74 bits per heavy atom. The predicted molar refractivity (Wildman–Crippen MR) is 81.7 cm³/mol. The first-order chi connectivity index (χ1) is 9.05. The molecule has 3 nitrogen and oxygen atoms in total. The van der Waals surface area contributed by atoms with Crippen molar-refractivity contribution in [2.24, 2.45) is 0 Å². The number of hydrogen-bond acceptors (Lipinski definition) is 2. The number of rotatable bonds is 5. The molecular weight excluding hydrogens is 326 g/mol. The minimum atomic E-state index is -3.31. The lowest BCUT2D eigenvalue weighted by atomic mass is 10.2. The first kappa shape index (κ1) is 14.1. The fourth-order valence-corrected chi connectivity index (χ4v) is 3.23. The minimum absolute atomic E-state index is 0.0678. The molecule has 0 bridgehead atoms. The van der Waals surface area contributed by atoms with Gasteiger partial charge in [0.25, 0.3) is 0 Å². The summed E-state index contributed by atoms with van der Waals surface area (Å²) in [6.45, 7) is 0. The quantitative estimate of drug-likeness (QED) is 0.906. The Hall–Kier alpha value is -1.33. The zero-order valence-corrected chi connectivity index (χ0v) is 12.6. The maximum atomic E-state index is 11.9. The monoisotopic (exact) mass is 339 g/mol. The number of para-hydroxylation sites is 1.